The van der Waals surface area contributed by atoms with Crippen molar-refractivity contribution in [3.8, 4) is 0 Å². The standard InChI is InChI=1S/C55H71ClN8O8S2/c1-54(2,3)72-53(66)63-30-26-61(27-31-63)40-55(4)22-20-49(41-10-14-44(56)15-11-41)43(37-55)38-60-24-28-62(29-25-60)46-16-12-42(13-17-46)52(65)58-74(69,70)48-18-19-50(51(36-48)64(67)68)57-45(21-23-59-32-34-71-35-33-59)39-73-47-8-6-5-7-9-47/h5-19,36,45,57H,20-35,37-40H2,1-4H3,(H,58,65)/t45-,55?/m1/s1. The summed E-state index contributed by atoms with van der Waals surface area (Å²) in [5, 5.41) is 16.5. The van der Waals surface area contributed by atoms with Gasteiger partial charge in [-0.25, -0.2) is 17.9 Å². The second kappa shape index (κ2) is 24.6. The molecule has 2 amide bonds. The van der Waals surface area contributed by atoms with E-state index >= 15 is 0 Å². The van der Waals surface area contributed by atoms with E-state index in [1.807, 2.05) is 80.3 Å². The minimum atomic E-state index is -4.48. The third-order valence-electron chi connectivity index (χ3n) is 14.3. The normalized spacial score (nSPS) is 20.0. The van der Waals surface area contributed by atoms with E-state index < -0.39 is 32.1 Å². The molecule has 1 unspecified atom stereocenters. The van der Waals surface area contributed by atoms with Gasteiger partial charge in [0.1, 0.15) is 11.3 Å². The van der Waals surface area contributed by atoms with Crippen LogP contribution in [0.5, 0.6) is 0 Å². The van der Waals surface area contributed by atoms with Gasteiger partial charge in [-0.3, -0.25) is 29.6 Å². The molecule has 16 nitrogen and oxygen atoms in total. The Kier molecular flexibility index (Phi) is 18.3. The Labute approximate surface area is 445 Å². The van der Waals surface area contributed by atoms with Crippen LogP contribution in [0.1, 0.15) is 69.3 Å². The fourth-order valence-corrected chi connectivity index (χ4v) is 12.4. The number of sulfonamides is 1. The number of hydrogen-bond donors (Lipinski definition) is 2. The van der Waals surface area contributed by atoms with Crippen LogP contribution in [-0.2, 0) is 19.5 Å². The fraction of sp³-hybridized carbons (Fsp3) is 0.491. The fourth-order valence-electron chi connectivity index (χ4n) is 10.3. The van der Waals surface area contributed by atoms with Crippen LogP contribution in [0, 0.1) is 15.5 Å². The molecule has 8 rings (SSSR count). The molecule has 0 saturated carbocycles. The summed E-state index contributed by atoms with van der Waals surface area (Å²) in [7, 11) is -4.48. The van der Waals surface area contributed by atoms with Crippen molar-refractivity contribution in [2.75, 3.05) is 114 Å². The number of rotatable bonds is 18. The number of benzene rings is 4. The maximum atomic E-state index is 13.6. The number of nitrogens with zero attached hydrogens (tertiary/aromatic N) is 6. The Morgan fingerprint density at radius 2 is 1.54 bits per heavy atom. The zero-order valence-corrected chi connectivity index (χ0v) is 45.5. The highest BCUT2D eigenvalue weighted by atomic mass is 35.5. The SMILES string of the molecule is CC1(CN2CCN(C(=O)OC(C)(C)C)CC2)CCC(c2ccc(Cl)cc2)=C(CN2CCN(c3ccc(C(=O)NS(=O)(=O)c4ccc(N[C@H](CCN5CCOCC5)CSc5ccccc5)c([N+](=O)[O-])c4)cc3)CC2)C1. The van der Waals surface area contributed by atoms with E-state index in [0.717, 1.165) is 108 Å². The summed E-state index contributed by atoms with van der Waals surface area (Å²) in [6, 6.07) is 28.5. The number of carbonyl (C=O) groups excluding carboxylic acids is 2. The number of nitrogens with one attached hydrogen (secondary N) is 2. The molecule has 19 heteroatoms. The number of anilines is 2. The zero-order valence-electron chi connectivity index (χ0n) is 43.1. The number of thioether (sulfide) groups is 1. The molecule has 1 aliphatic carbocycles. The van der Waals surface area contributed by atoms with E-state index in [9.17, 15) is 28.1 Å². The van der Waals surface area contributed by atoms with Gasteiger partial charge in [-0.05, 0) is 124 Å². The average molecular weight is 1070 g/mol. The van der Waals surface area contributed by atoms with Gasteiger partial charge in [0, 0.05) is 124 Å². The van der Waals surface area contributed by atoms with E-state index in [4.69, 9.17) is 21.1 Å². The quantitative estimate of drug-likeness (QED) is 0.0550. The molecule has 0 radical (unpaired) electrons. The summed E-state index contributed by atoms with van der Waals surface area (Å²) in [6.45, 7) is 19.8. The molecule has 3 heterocycles. The third-order valence-corrected chi connectivity index (χ3v) is 17.1. The minimum Gasteiger partial charge on any atom is -0.444 e. The lowest BCUT2D eigenvalue weighted by Gasteiger charge is -2.44. The van der Waals surface area contributed by atoms with E-state index in [-0.39, 0.29) is 33.7 Å². The average Bonchev–Trinajstić information content (AvgIpc) is 3.38. The molecule has 2 atom stereocenters. The number of carbonyl (C=O) groups is 2. The van der Waals surface area contributed by atoms with Crippen LogP contribution in [0.15, 0.2) is 112 Å². The molecular formula is C55H71ClN8O8S2. The molecule has 74 heavy (non-hydrogen) atoms. The third kappa shape index (κ3) is 15.2. The number of morpholine rings is 1. The number of hydrogen-bond acceptors (Lipinski definition) is 14. The second-order valence-electron chi connectivity index (χ2n) is 21.2. The van der Waals surface area contributed by atoms with Gasteiger partial charge in [-0.1, -0.05) is 54.4 Å². The van der Waals surface area contributed by atoms with Gasteiger partial charge in [-0.15, -0.1) is 11.8 Å². The molecule has 3 aliphatic heterocycles. The lowest BCUT2D eigenvalue weighted by atomic mass is 9.71. The van der Waals surface area contributed by atoms with E-state index in [2.05, 4.69) is 48.7 Å². The maximum absolute atomic E-state index is 13.6. The topological polar surface area (TPSA) is 170 Å². The van der Waals surface area contributed by atoms with Crippen molar-refractivity contribution in [2.24, 2.45) is 5.41 Å². The van der Waals surface area contributed by atoms with Crippen LogP contribution in [0.2, 0.25) is 5.02 Å². The molecule has 2 N–H and O–H groups in total. The van der Waals surface area contributed by atoms with Crippen molar-refractivity contribution in [2.45, 2.75) is 74.8 Å². The van der Waals surface area contributed by atoms with Crippen molar-refractivity contribution < 1.29 is 32.4 Å². The summed E-state index contributed by atoms with van der Waals surface area (Å²) < 4.78 is 40.5. The molecule has 3 saturated heterocycles. The lowest BCUT2D eigenvalue weighted by molar-refractivity contribution is -0.384. The van der Waals surface area contributed by atoms with Crippen LogP contribution in [0.4, 0.5) is 21.9 Å². The number of nitro benzene ring substituents is 1. The molecule has 4 aromatic carbocycles. The first-order valence-corrected chi connectivity index (χ1v) is 28.6. The zero-order chi connectivity index (χ0) is 52.5. The van der Waals surface area contributed by atoms with Crippen molar-refractivity contribution >= 4 is 68.0 Å². The predicted octanol–water partition coefficient (Wildman–Crippen LogP) is 8.98. The van der Waals surface area contributed by atoms with Gasteiger partial charge in [-0.2, -0.15) is 0 Å². The highest BCUT2D eigenvalue weighted by Crippen LogP contribution is 2.44. The Morgan fingerprint density at radius 3 is 2.20 bits per heavy atom. The Balaban J connectivity index is 0.864. The number of piperazine rings is 2. The van der Waals surface area contributed by atoms with Gasteiger partial charge in [0.25, 0.3) is 21.6 Å². The molecule has 0 bridgehead atoms. The molecular weight excluding hydrogens is 1000 g/mol. The smallest absolute Gasteiger partial charge is 0.410 e. The molecule has 0 aromatic heterocycles. The van der Waals surface area contributed by atoms with Gasteiger partial charge in [0.15, 0.2) is 0 Å². The molecule has 398 valence electrons. The Hall–Kier alpha value is -5.21. The number of amides is 2. The van der Waals surface area contributed by atoms with Gasteiger partial charge >= 0.3 is 6.09 Å². The van der Waals surface area contributed by atoms with Crippen LogP contribution < -0.4 is 14.9 Å². The molecule has 3 fully saturated rings. The molecule has 0 spiro atoms. The summed E-state index contributed by atoms with van der Waals surface area (Å²) in [4.78, 5) is 50.1. The summed E-state index contributed by atoms with van der Waals surface area (Å²) in [6.07, 6.45) is 3.47. The lowest BCUT2D eigenvalue weighted by Crippen LogP contribution is -2.52. The van der Waals surface area contributed by atoms with Gasteiger partial charge < -0.3 is 24.6 Å². The first kappa shape index (κ1) is 55.0. The summed E-state index contributed by atoms with van der Waals surface area (Å²) >= 11 is 7.97. The summed E-state index contributed by atoms with van der Waals surface area (Å²) in [5.41, 5.74) is 4.49. The highest BCUT2D eigenvalue weighted by molar-refractivity contribution is 7.99. The Bertz CT molecular complexity index is 2710. The highest BCUT2D eigenvalue weighted by Gasteiger charge is 2.36. The number of ether oxygens (including phenoxy) is 2. The van der Waals surface area contributed by atoms with Crippen molar-refractivity contribution in [1.29, 1.82) is 0 Å². The first-order chi connectivity index (χ1) is 35.4. The largest absolute Gasteiger partial charge is 0.444 e. The monoisotopic (exact) mass is 1070 g/mol. The summed E-state index contributed by atoms with van der Waals surface area (Å²) in [5.74, 6) is -0.206. The number of allylic oxidation sites excluding steroid dienone is 1. The van der Waals surface area contributed by atoms with Crippen molar-refractivity contribution in [1.82, 2.24) is 24.3 Å². The van der Waals surface area contributed by atoms with Crippen molar-refractivity contribution in [3.05, 3.63) is 129 Å². The van der Waals surface area contributed by atoms with Crippen molar-refractivity contribution in [3.63, 3.8) is 0 Å². The predicted molar refractivity (Wildman–Crippen MR) is 294 cm³/mol. The van der Waals surface area contributed by atoms with E-state index in [1.165, 1.54) is 28.8 Å². The first-order valence-electron chi connectivity index (χ1n) is 25.7. The van der Waals surface area contributed by atoms with Crippen LogP contribution in [-0.4, -0.2) is 161 Å². The number of nitro groups is 1. The van der Waals surface area contributed by atoms with Crippen LogP contribution in [0.3, 0.4) is 0 Å². The van der Waals surface area contributed by atoms with Crippen LogP contribution >= 0.6 is 23.4 Å². The van der Waals surface area contributed by atoms with Gasteiger partial charge in [0.05, 0.1) is 23.0 Å². The maximum Gasteiger partial charge on any atom is 0.410 e. The van der Waals surface area contributed by atoms with Gasteiger partial charge in [0.2, 0.25) is 0 Å². The van der Waals surface area contributed by atoms with E-state index in [1.54, 1.807) is 23.9 Å². The number of halogens is 1. The molecule has 4 aliphatic rings. The second-order valence-corrected chi connectivity index (χ2v) is 24.4. The molecule has 4 aromatic rings. The van der Waals surface area contributed by atoms with E-state index in [0.29, 0.717) is 43.5 Å². The van der Waals surface area contributed by atoms with Crippen LogP contribution in [0.25, 0.3) is 5.57 Å². The Morgan fingerprint density at radius 1 is 0.865 bits per heavy atom. The minimum absolute atomic E-state index is 0.0736.